The van der Waals surface area contributed by atoms with Crippen LogP contribution in [0.2, 0.25) is 0 Å². The highest BCUT2D eigenvalue weighted by molar-refractivity contribution is 7.90. The minimum absolute atomic E-state index is 0.0246. The van der Waals surface area contributed by atoms with Crippen molar-refractivity contribution in [2.75, 3.05) is 19.0 Å². The van der Waals surface area contributed by atoms with Gasteiger partial charge in [-0.25, -0.2) is 17.9 Å². The quantitative estimate of drug-likeness (QED) is 0.342. The summed E-state index contributed by atoms with van der Waals surface area (Å²) in [5.41, 5.74) is 0.233. The zero-order valence-corrected chi connectivity index (χ0v) is 16.0. The summed E-state index contributed by atoms with van der Waals surface area (Å²) in [6, 6.07) is 4.55. The molecule has 0 aliphatic rings. The molecule has 0 bridgehead atoms. The Morgan fingerprint density at radius 1 is 1.25 bits per heavy atom. The van der Waals surface area contributed by atoms with E-state index in [0.29, 0.717) is 0 Å². The van der Waals surface area contributed by atoms with Crippen molar-refractivity contribution < 1.29 is 27.9 Å². The molecule has 0 saturated carbocycles. The van der Waals surface area contributed by atoms with E-state index in [2.05, 4.69) is 25.4 Å². The van der Waals surface area contributed by atoms with E-state index in [9.17, 15) is 13.2 Å². The molecule has 0 fully saturated rings. The Bertz CT molecular complexity index is 994. The second kappa shape index (κ2) is 8.94. The number of hydrogen-bond acceptors (Lipinski definition) is 10. The summed E-state index contributed by atoms with van der Waals surface area (Å²) in [4.78, 5) is 23.3. The summed E-state index contributed by atoms with van der Waals surface area (Å²) in [6.07, 6.45) is 0. The number of sulfonamides is 1. The fraction of sp³-hybridized carbons (Fsp3) is 0.267. The number of ether oxygens (including phenoxy) is 2. The van der Waals surface area contributed by atoms with Gasteiger partial charge in [-0.05, 0) is 26.0 Å². The number of para-hydroxylation sites is 1. The van der Waals surface area contributed by atoms with Crippen molar-refractivity contribution in [1.82, 2.24) is 19.7 Å². The van der Waals surface area contributed by atoms with Crippen LogP contribution in [0.5, 0.6) is 11.8 Å². The maximum atomic E-state index is 12.5. The lowest BCUT2D eigenvalue weighted by Gasteiger charge is -2.12. The molecule has 2 rings (SSSR count). The third-order valence-corrected chi connectivity index (χ3v) is 4.48. The van der Waals surface area contributed by atoms with Crippen molar-refractivity contribution in [1.29, 1.82) is 0 Å². The van der Waals surface area contributed by atoms with Crippen LogP contribution in [0.25, 0.3) is 0 Å². The third kappa shape index (κ3) is 5.51. The molecule has 0 atom stereocenters. The first kappa shape index (κ1) is 20.8. The Morgan fingerprint density at radius 2 is 1.96 bits per heavy atom. The largest absolute Gasteiger partial charge is 0.486 e. The predicted molar refractivity (Wildman–Crippen MR) is 97.3 cm³/mol. The number of benzene rings is 1. The number of carbonyl (C=O) groups is 1. The molecule has 12 nitrogen and oxygen atoms in total. The van der Waals surface area contributed by atoms with E-state index in [1.165, 1.54) is 32.2 Å². The second-order valence-electron chi connectivity index (χ2n) is 5.32. The highest BCUT2D eigenvalue weighted by atomic mass is 32.2. The minimum atomic E-state index is -4.28. The van der Waals surface area contributed by atoms with Gasteiger partial charge in [-0.3, -0.25) is 5.32 Å². The van der Waals surface area contributed by atoms with Gasteiger partial charge in [0.2, 0.25) is 5.95 Å². The van der Waals surface area contributed by atoms with Crippen LogP contribution in [-0.2, 0) is 10.0 Å². The fourth-order valence-corrected chi connectivity index (χ4v) is 2.97. The first-order chi connectivity index (χ1) is 13.2. The van der Waals surface area contributed by atoms with E-state index in [4.69, 9.17) is 14.7 Å². The van der Waals surface area contributed by atoms with Gasteiger partial charge in [0.15, 0.2) is 0 Å². The van der Waals surface area contributed by atoms with Gasteiger partial charge in [0.1, 0.15) is 23.1 Å². The van der Waals surface area contributed by atoms with Crippen LogP contribution >= 0.6 is 0 Å². The van der Waals surface area contributed by atoms with Gasteiger partial charge in [0.05, 0.1) is 12.8 Å². The molecule has 2 aromatic rings. The molecule has 1 heterocycles. The van der Waals surface area contributed by atoms with Crippen LogP contribution in [-0.4, -0.2) is 54.0 Å². The minimum Gasteiger partial charge on any atom is -0.486 e. The molecular formula is C15H18N6O6S. The van der Waals surface area contributed by atoms with E-state index in [-0.39, 0.29) is 40.7 Å². The van der Waals surface area contributed by atoms with Crippen LogP contribution < -0.4 is 19.5 Å². The molecule has 2 amide bonds. The van der Waals surface area contributed by atoms with Crippen LogP contribution in [0.4, 0.5) is 10.7 Å². The molecule has 0 unspecified atom stereocenters. The maximum absolute atomic E-state index is 12.5. The first-order valence-electron chi connectivity index (χ1n) is 7.75. The number of methoxy groups -OCH3 is 1. The number of aryl methyl sites for hydroxylation is 1. The Hall–Kier alpha value is -3.48. The summed E-state index contributed by atoms with van der Waals surface area (Å²) in [6.45, 7) is 2.90. The lowest BCUT2D eigenvalue weighted by molar-refractivity contribution is 0.256. The van der Waals surface area contributed by atoms with Crippen molar-refractivity contribution in [2.24, 2.45) is 5.16 Å². The summed E-state index contributed by atoms with van der Waals surface area (Å²) >= 11 is 0. The second-order valence-corrected chi connectivity index (χ2v) is 6.97. The number of rotatable bonds is 7. The molecule has 1 aromatic heterocycles. The zero-order chi connectivity index (χ0) is 20.7. The van der Waals surface area contributed by atoms with Gasteiger partial charge in [0, 0.05) is 0 Å². The van der Waals surface area contributed by atoms with E-state index in [1.54, 1.807) is 13.0 Å². The van der Waals surface area contributed by atoms with Gasteiger partial charge in [-0.15, -0.1) is 0 Å². The lowest BCUT2D eigenvalue weighted by Crippen LogP contribution is -2.35. The Labute approximate surface area is 160 Å². The van der Waals surface area contributed by atoms with E-state index < -0.39 is 16.1 Å². The number of anilines is 1. The molecule has 1 aromatic carbocycles. The monoisotopic (exact) mass is 410 g/mol. The topological polar surface area (TPSA) is 165 Å². The van der Waals surface area contributed by atoms with Gasteiger partial charge in [0.25, 0.3) is 10.0 Å². The number of aromatic nitrogens is 3. The number of nitrogens with one attached hydrogen (secondary N) is 2. The van der Waals surface area contributed by atoms with E-state index >= 15 is 0 Å². The van der Waals surface area contributed by atoms with Crippen LogP contribution in [0.1, 0.15) is 12.7 Å². The molecule has 150 valence electrons. The van der Waals surface area contributed by atoms with Crippen LogP contribution in [0.3, 0.4) is 0 Å². The molecule has 0 radical (unpaired) electrons. The summed E-state index contributed by atoms with van der Waals surface area (Å²) in [5.74, 6) is 0.0597. The Morgan fingerprint density at radius 3 is 2.64 bits per heavy atom. The molecule has 0 aliphatic heterocycles. The van der Waals surface area contributed by atoms with Crippen LogP contribution in [0, 0.1) is 6.92 Å². The number of amides is 2. The first-order valence-corrected chi connectivity index (χ1v) is 9.23. The van der Waals surface area contributed by atoms with Gasteiger partial charge < -0.3 is 14.7 Å². The predicted octanol–water partition coefficient (Wildman–Crippen LogP) is 0.928. The average molecular weight is 410 g/mol. The Balaban J connectivity index is 2.17. The van der Waals surface area contributed by atoms with Gasteiger partial charge in [-0.1, -0.05) is 17.3 Å². The molecule has 13 heteroatoms. The summed E-state index contributed by atoms with van der Waals surface area (Å²) in [7, 11) is -2.95. The fourth-order valence-electron chi connectivity index (χ4n) is 1.91. The number of nitrogens with zero attached hydrogens (tertiary/aromatic N) is 4. The van der Waals surface area contributed by atoms with Crippen molar-refractivity contribution in [2.45, 2.75) is 18.7 Å². The van der Waals surface area contributed by atoms with Gasteiger partial charge in [-0.2, -0.15) is 15.0 Å². The molecule has 0 saturated heterocycles. The Kier molecular flexibility index (Phi) is 6.65. The van der Waals surface area contributed by atoms with E-state index in [1.807, 2.05) is 4.72 Å². The molecule has 3 N–H and O–H groups in total. The number of urea groups is 1. The molecule has 28 heavy (non-hydrogen) atoms. The smallest absolute Gasteiger partial charge is 0.335 e. The number of carbonyl (C=O) groups excluding carboxylic acids is 1. The van der Waals surface area contributed by atoms with Crippen molar-refractivity contribution in [3.63, 3.8) is 0 Å². The van der Waals surface area contributed by atoms with Crippen molar-refractivity contribution in [3.8, 4) is 11.8 Å². The summed E-state index contributed by atoms with van der Waals surface area (Å²) < 4.78 is 37.1. The third-order valence-electron chi connectivity index (χ3n) is 3.11. The number of hydrogen-bond donors (Lipinski definition) is 3. The lowest BCUT2D eigenvalue weighted by atomic mass is 10.3. The zero-order valence-electron chi connectivity index (χ0n) is 15.2. The van der Waals surface area contributed by atoms with Gasteiger partial charge >= 0.3 is 12.0 Å². The molecular weight excluding hydrogens is 392 g/mol. The molecule has 0 aliphatic carbocycles. The normalized spacial score (nSPS) is 11.6. The van der Waals surface area contributed by atoms with Crippen molar-refractivity contribution >= 4 is 27.7 Å². The maximum Gasteiger partial charge on any atom is 0.335 e. The average Bonchev–Trinajstić information content (AvgIpc) is 2.65. The van der Waals surface area contributed by atoms with Crippen LogP contribution in [0.15, 0.2) is 34.3 Å². The van der Waals surface area contributed by atoms with Crippen molar-refractivity contribution in [3.05, 3.63) is 30.1 Å². The van der Waals surface area contributed by atoms with E-state index in [0.717, 1.165) is 0 Å². The molecule has 0 spiro atoms. The highest BCUT2D eigenvalue weighted by Gasteiger charge is 2.23. The number of oxime groups is 1. The highest BCUT2D eigenvalue weighted by Crippen LogP contribution is 2.23. The SMILES string of the molecule is COc1nc(C)nc(NC(=O)NS(=O)(=O)c2ccccc2OC/C(C)=N\O)n1. The summed E-state index contributed by atoms with van der Waals surface area (Å²) in [5, 5.41) is 13.8. The standard InChI is InChI=1S/C15H18N6O6S/c1-9(20-23)8-27-11-6-4-5-7-12(11)28(24,25)21-14(22)18-13-16-10(2)17-15(19-13)26-3/h4-7,23H,8H2,1-3H3,(H2,16,17,18,19,21,22)/b20-9-.